The van der Waals surface area contributed by atoms with E-state index in [1.165, 1.54) is 11.3 Å². The third kappa shape index (κ3) is 4.00. The van der Waals surface area contributed by atoms with E-state index < -0.39 is 0 Å². The van der Waals surface area contributed by atoms with Gasteiger partial charge in [-0.1, -0.05) is 41.7 Å². The standard InChI is InChI=1S/C22H18N2O4S/c1-26-18-12-16-20(13-19(18)27-2)29-22(23-16)24-21(25)15-10-6-7-11-17(15)28-14-8-4-3-5-9-14/h3-13H,1-2H3,(H,23,24,25). The van der Waals surface area contributed by atoms with Crippen molar-refractivity contribution in [3.05, 3.63) is 72.3 Å². The molecule has 3 aromatic carbocycles. The number of nitrogens with zero attached hydrogens (tertiary/aromatic N) is 1. The molecule has 4 aromatic rings. The molecule has 1 aromatic heterocycles. The maximum absolute atomic E-state index is 12.9. The molecule has 1 heterocycles. The molecule has 1 N–H and O–H groups in total. The number of fused-ring (bicyclic) bond motifs is 1. The van der Waals surface area contributed by atoms with E-state index in [9.17, 15) is 4.79 Å². The minimum Gasteiger partial charge on any atom is -0.493 e. The van der Waals surface area contributed by atoms with Crippen LogP contribution in [0.3, 0.4) is 0 Å². The molecule has 0 fully saturated rings. The molecule has 4 rings (SSSR count). The van der Waals surface area contributed by atoms with Crippen molar-refractivity contribution in [1.29, 1.82) is 0 Å². The second-order valence-electron chi connectivity index (χ2n) is 6.06. The highest BCUT2D eigenvalue weighted by Crippen LogP contribution is 2.36. The molecule has 7 heteroatoms. The summed E-state index contributed by atoms with van der Waals surface area (Å²) in [4.78, 5) is 17.4. The number of hydrogen-bond acceptors (Lipinski definition) is 6. The van der Waals surface area contributed by atoms with Gasteiger partial charge in [0.1, 0.15) is 11.5 Å². The molecule has 0 aliphatic rings. The van der Waals surface area contributed by atoms with E-state index in [0.29, 0.717) is 33.7 Å². The first-order valence-electron chi connectivity index (χ1n) is 8.84. The molecule has 0 unspecified atom stereocenters. The lowest BCUT2D eigenvalue weighted by Gasteiger charge is -2.10. The van der Waals surface area contributed by atoms with Gasteiger partial charge in [0.2, 0.25) is 0 Å². The van der Waals surface area contributed by atoms with Gasteiger partial charge in [0, 0.05) is 12.1 Å². The molecule has 6 nitrogen and oxygen atoms in total. The van der Waals surface area contributed by atoms with Crippen molar-refractivity contribution in [2.24, 2.45) is 0 Å². The van der Waals surface area contributed by atoms with Crippen LogP contribution in [0, 0.1) is 0 Å². The fourth-order valence-corrected chi connectivity index (χ4v) is 3.70. The second-order valence-corrected chi connectivity index (χ2v) is 7.09. The highest BCUT2D eigenvalue weighted by Gasteiger charge is 2.16. The van der Waals surface area contributed by atoms with Crippen molar-refractivity contribution >= 4 is 32.6 Å². The Labute approximate surface area is 171 Å². The number of methoxy groups -OCH3 is 2. The van der Waals surface area contributed by atoms with Gasteiger partial charge in [-0.2, -0.15) is 0 Å². The van der Waals surface area contributed by atoms with Gasteiger partial charge in [0.15, 0.2) is 16.6 Å². The van der Waals surface area contributed by atoms with Crippen LogP contribution >= 0.6 is 11.3 Å². The van der Waals surface area contributed by atoms with E-state index in [0.717, 1.165) is 10.2 Å². The summed E-state index contributed by atoms with van der Waals surface area (Å²) in [5.41, 5.74) is 1.14. The zero-order valence-corrected chi connectivity index (χ0v) is 16.7. The van der Waals surface area contributed by atoms with Gasteiger partial charge >= 0.3 is 0 Å². The zero-order valence-electron chi connectivity index (χ0n) is 15.8. The normalized spacial score (nSPS) is 10.6. The number of hydrogen-bond donors (Lipinski definition) is 1. The molecule has 0 saturated carbocycles. The zero-order chi connectivity index (χ0) is 20.2. The fourth-order valence-electron chi connectivity index (χ4n) is 2.83. The summed E-state index contributed by atoms with van der Waals surface area (Å²) in [5, 5.41) is 3.34. The lowest BCUT2D eigenvalue weighted by atomic mass is 10.2. The van der Waals surface area contributed by atoms with E-state index >= 15 is 0 Å². The van der Waals surface area contributed by atoms with Crippen molar-refractivity contribution in [3.63, 3.8) is 0 Å². The molecule has 29 heavy (non-hydrogen) atoms. The lowest BCUT2D eigenvalue weighted by molar-refractivity contribution is 0.102. The highest BCUT2D eigenvalue weighted by atomic mass is 32.1. The van der Waals surface area contributed by atoms with Gasteiger partial charge in [0.05, 0.1) is 30.0 Å². The van der Waals surface area contributed by atoms with Crippen molar-refractivity contribution in [1.82, 2.24) is 4.98 Å². The highest BCUT2D eigenvalue weighted by molar-refractivity contribution is 7.22. The number of ether oxygens (including phenoxy) is 3. The quantitative estimate of drug-likeness (QED) is 0.467. The average molecular weight is 406 g/mol. The lowest BCUT2D eigenvalue weighted by Crippen LogP contribution is -2.12. The Hall–Kier alpha value is -3.58. The summed E-state index contributed by atoms with van der Waals surface area (Å²) >= 11 is 1.36. The Morgan fingerprint density at radius 3 is 2.34 bits per heavy atom. The molecule has 0 radical (unpaired) electrons. The number of amides is 1. The molecule has 0 spiro atoms. The number of rotatable bonds is 6. The largest absolute Gasteiger partial charge is 0.493 e. The molecule has 146 valence electrons. The third-order valence-corrected chi connectivity index (χ3v) is 5.15. The summed E-state index contributed by atoms with van der Waals surface area (Å²) in [7, 11) is 3.15. The minimum absolute atomic E-state index is 0.297. The van der Waals surface area contributed by atoms with Crippen LogP contribution < -0.4 is 19.5 Å². The molecule has 0 atom stereocenters. The number of thiazole rings is 1. The number of para-hydroxylation sites is 2. The van der Waals surface area contributed by atoms with Gasteiger partial charge in [-0.05, 0) is 24.3 Å². The molecule has 0 aliphatic carbocycles. The predicted octanol–water partition coefficient (Wildman–Crippen LogP) is 5.36. The van der Waals surface area contributed by atoms with Crippen LogP contribution in [-0.4, -0.2) is 25.1 Å². The monoisotopic (exact) mass is 406 g/mol. The topological polar surface area (TPSA) is 69.7 Å². The van der Waals surface area contributed by atoms with Crippen LogP contribution in [0.4, 0.5) is 5.13 Å². The molecule has 0 bridgehead atoms. The fraction of sp³-hybridized carbons (Fsp3) is 0.0909. The first kappa shape index (κ1) is 18.8. The number of carbonyl (C=O) groups excluding carboxylic acids is 1. The summed E-state index contributed by atoms with van der Waals surface area (Å²) in [6.45, 7) is 0. The molecular weight excluding hydrogens is 388 g/mol. The van der Waals surface area contributed by atoms with Gasteiger partial charge < -0.3 is 14.2 Å². The SMILES string of the molecule is COc1cc2nc(NC(=O)c3ccccc3Oc3ccccc3)sc2cc1OC. The van der Waals surface area contributed by atoms with Gasteiger partial charge in [-0.25, -0.2) is 4.98 Å². The van der Waals surface area contributed by atoms with Crippen LogP contribution in [0.5, 0.6) is 23.0 Å². The Kier molecular flexibility index (Phi) is 5.31. The van der Waals surface area contributed by atoms with E-state index in [1.807, 2.05) is 42.5 Å². The Balaban J connectivity index is 1.60. The summed E-state index contributed by atoms with van der Waals surface area (Å²) in [5.74, 6) is 2.04. The maximum Gasteiger partial charge on any atom is 0.261 e. The second kappa shape index (κ2) is 8.20. The van der Waals surface area contributed by atoms with E-state index in [-0.39, 0.29) is 5.91 Å². The smallest absolute Gasteiger partial charge is 0.261 e. The van der Waals surface area contributed by atoms with Crippen molar-refractivity contribution in [3.8, 4) is 23.0 Å². The predicted molar refractivity (Wildman–Crippen MR) is 114 cm³/mol. The van der Waals surface area contributed by atoms with E-state index in [4.69, 9.17) is 14.2 Å². The molecule has 0 aliphatic heterocycles. The van der Waals surface area contributed by atoms with Crippen LogP contribution in [-0.2, 0) is 0 Å². The Morgan fingerprint density at radius 2 is 1.59 bits per heavy atom. The van der Waals surface area contributed by atoms with Crippen molar-refractivity contribution < 1.29 is 19.0 Å². The molecular formula is C22H18N2O4S. The molecule has 0 saturated heterocycles. The van der Waals surface area contributed by atoms with Crippen LogP contribution in [0.1, 0.15) is 10.4 Å². The number of benzene rings is 3. The number of carbonyl (C=O) groups is 1. The van der Waals surface area contributed by atoms with Crippen molar-refractivity contribution in [2.45, 2.75) is 0 Å². The summed E-state index contributed by atoms with van der Waals surface area (Å²) in [6, 6.07) is 20.0. The van der Waals surface area contributed by atoms with Gasteiger partial charge in [-0.3, -0.25) is 10.1 Å². The molecule has 1 amide bonds. The first-order valence-corrected chi connectivity index (χ1v) is 9.65. The van der Waals surface area contributed by atoms with Crippen LogP contribution in [0.25, 0.3) is 10.2 Å². The van der Waals surface area contributed by atoms with E-state index in [1.54, 1.807) is 38.5 Å². The Morgan fingerprint density at radius 1 is 0.897 bits per heavy atom. The Bertz CT molecular complexity index is 1120. The van der Waals surface area contributed by atoms with Crippen LogP contribution in [0.15, 0.2) is 66.7 Å². The summed E-state index contributed by atoms with van der Waals surface area (Å²) in [6.07, 6.45) is 0. The summed E-state index contributed by atoms with van der Waals surface area (Å²) < 4.78 is 17.4. The number of nitrogens with one attached hydrogen (secondary N) is 1. The first-order chi connectivity index (χ1) is 14.2. The average Bonchev–Trinajstić information content (AvgIpc) is 3.14. The number of anilines is 1. The minimum atomic E-state index is -0.297. The van der Waals surface area contributed by atoms with E-state index in [2.05, 4.69) is 10.3 Å². The third-order valence-electron chi connectivity index (χ3n) is 4.22. The van der Waals surface area contributed by atoms with Crippen molar-refractivity contribution in [2.75, 3.05) is 19.5 Å². The van der Waals surface area contributed by atoms with Gasteiger partial charge in [0.25, 0.3) is 5.91 Å². The number of aromatic nitrogens is 1. The van der Waals surface area contributed by atoms with Gasteiger partial charge in [-0.15, -0.1) is 0 Å². The maximum atomic E-state index is 12.9. The van der Waals surface area contributed by atoms with Crippen LogP contribution in [0.2, 0.25) is 0 Å².